The van der Waals surface area contributed by atoms with Gasteiger partial charge in [-0.25, -0.2) is 4.39 Å². The van der Waals surface area contributed by atoms with Gasteiger partial charge in [-0.2, -0.15) is 4.80 Å². The monoisotopic (exact) mass is 297 g/mol. The van der Waals surface area contributed by atoms with E-state index in [9.17, 15) is 14.3 Å². The molecular formula is C15H10FN4O2-. The molecule has 0 aliphatic rings. The number of carboxylic acids is 1. The Hall–Kier alpha value is -3.09. The summed E-state index contributed by atoms with van der Waals surface area (Å²) < 4.78 is 12.8. The van der Waals surface area contributed by atoms with Crippen LogP contribution in [0.15, 0.2) is 48.5 Å². The number of halogens is 1. The van der Waals surface area contributed by atoms with Crippen LogP contribution in [0.4, 0.5) is 4.39 Å². The van der Waals surface area contributed by atoms with Gasteiger partial charge in [0.15, 0.2) is 0 Å². The Morgan fingerprint density at radius 1 is 1.09 bits per heavy atom. The maximum Gasteiger partial charge on any atom is 0.204 e. The Morgan fingerprint density at radius 2 is 1.77 bits per heavy atom. The van der Waals surface area contributed by atoms with Crippen molar-refractivity contribution in [3.8, 4) is 11.4 Å². The first-order valence-electron chi connectivity index (χ1n) is 6.46. The second-order valence-corrected chi connectivity index (χ2v) is 4.63. The number of nitrogens with zero attached hydrogens (tertiary/aromatic N) is 4. The van der Waals surface area contributed by atoms with E-state index in [2.05, 4.69) is 15.4 Å². The van der Waals surface area contributed by atoms with Gasteiger partial charge in [0, 0.05) is 5.56 Å². The standard InChI is InChI=1S/C15H11FN4O2/c16-13-7-1-10(2-8-13)9-20-18-14(17-19-20)11-3-5-12(6-4-11)15(21)22/h1-8H,9H2,(H,21,22)/p-1. The van der Waals surface area contributed by atoms with Crippen molar-refractivity contribution in [2.75, 3.05) is 0 Å². The Morgan fingerprint density at radius 3 is 2.41 bits per heavy atom. The molecule has 0 bridgehead atoms. The predicted octanol–water partition coefficient (Wildman–Crippen LogP) is 0.891. The highest BCUT2D eigenvalue weighted by Gasteiger charge is 2.07. The highest BCUT2D eigenvalue weighted by molar-refractivity contribution is 5.86. The normalized spacial score (nSPS) is 10.6. The lowest BCUT2D eigenvalue weighted by molar-refractivity contribution is -0.255. The lowest BCUT2D eigenvalue weighted by Crippen LogP contribution is -2.21. The molecule has 1 heterocycles. The molecule has 6 nitrogen and oxygen atoms in total. The van der Waals surface area contributed by atoms with Crippen LogP contribution in [0.1, 0.15) is 15.9 Å². The maximum absolute atomic E-state index is 12.8. The molecule has 1 aromatic heterocycles. The van der Waals surface area contributed by atoms with Crippen LogP contribution in [0, 0.1) is 5.82 Å². The highest BCUT2D eigenvalue weighted by atomic mass is 19.1. The molecule has 0 saturated carbocycles. The first-order valence-corrected chi connectivity index (χ1v) is 6.46. The first kappa shape index (κ1) is 13.9. The molecule has 7 heteroatoms. The number of carbonyl (C=O) groups is 1. The van der Waals surface area contributed by atoms with Gasteiger partial charge in [-0.1, -0.05) is 36.4 Å². The van der Waals surface area contributed by atoms with E-state index in [0.717, 1.165) is 5.56 Å². The van der Waals surface area contributed by atoms with Gasteiger partial charge in [0.25, 0.3) is 0 Å². The summed E-state index contributed by atoms with van der Waals surface area (Å²) >= 11 is 0. The Bertz CT molecular complexity index is 797. The molecule has 0 N–H and O–H groups in total. The van der Waals surface area contributed by atoms with Gasteiger partial charge >= 0.3 is 0 Å². The zero-order valence-electron chi connectivity index (χ0n) is 11.3. The van der Waals surface area contributed by atoms with Gasteiger partial charge in [0.1, 0.15) is 5.82 Å². The predicted molar refractivity (Wildman–Crippen MR) is 73.1 cm³/mol. The van der Waals surface area contributed by atoms with Crippen LogP contribution >= 0.6 is 0 Å². The fourth-order valence-corrected chi connectivity index (χ4v) is 1.93. The van der Waals surface area contributed by atoms with E-state index in [1.165, 1.54) is 29.1 Å². The molecule has 22 heavy (non-hydrogen) atoms. The fraction of sp³-hybridized carbons (Fsp3) is 0.0667. The van der Waals surface area contributed by atoms with Crippen molar-refractivity contribution in [1.29, 1.82) is 0 Å². The van der Waals surface area contributed by atoms with Crippen LogP contribution in [0.2, 0.25) is 0 Å². The third-order valence-corrected chi connectivity index (χ3v) is 3.07. The Labute approximate surface area is 124 Å². The van der Waals surface area contributed by atoms with E-state index in [-0.39, 0.29) is 11.4 Å². The molecule has 2 aromatic carbocycles. The molecule has 0 saturated heterocycles. The topological polar surface area (TPSA) is 83.7 Å². The van der Waals surface area contributed by atoms with Gasteiger partial charge in [-0.05, 0) is 28.5 Å². The highest BCUT2D eigenvalue weighted by Crippen LogP contribution is 2.14. The number of carbonyl (C=O) groups excluding carboxylic acids is 1. The molecule has 0 aliphatic carbocycles. The average molecular weight is 297 g/mol. The Kier molecular flexibility index (Phi) is 3.61. The SMILES string of the molecule is O=C([O-])c1ccc(-c2nnn(Cc3ccc(F)cc3)n2)cc1. The van der Waals surface area contributed by atoms with Crippen molar-refractivity contribution < 1.29 is 14.3 Å². The molecule has 3 aromatic rings. The van der Waals surface area contributed by atoms with Gasteiger partial charge in [0.05, 0.1) is 12.5 Å². The lowest BCUT2D eigenvalue weighted by atomic mass is 10.1. The number of carboxylic acid groups (broad SMARTS) is 1. The van der Waals surface area contributed by atoms with Gasteiger partial charge in [-0.3, -0.25) is 0 Å². The second-order valence-electron chi connectivity index (χ2n) is 4.63. The smallest absolute Gasteiger partial charge is 0.204 e. The largest absolute Gasteiger partial charge is 0.545 e. The van der Waals surface area contributed by atoms with Crippen LogP contribution in [-0.4, -0.2) is 26.2 Å². The van der Waals surface area contributed by atoms with Crippen LogP contribution in [-0.2, 0) is 6.54 Å². The van der Waals surface area contributed by atoms with Crippen LogP contribution in [0.5, 0.6) is 0 Å². The molecular weight excluding hydrogens is 287 g/mol. The number of aromatic carboxylic acids is 1. The van der Waals surface area contributed by atoms with Crippen molar-refractivity contribution in [2.24, 2.45) is 0 Å². The number of benzene rings is 2. The minimum Gasteiger partial charge on any atom is -0.545 e. The fourth-order valence-electron chi connectivity index (χ4n) is 1.93. The molecule has 0 aliphatic heterocycles. The van der Waals surface area contributed by atoms with E-state index in [4.69, 9.17) is 0 Å². The van der Waals surface area contributed by atoms with E-state index in [1.807, 2.05) is 0 Å². The van der Waals surface area contributed by atoms with Crippen LogP contribution < -0.4 is 5.11 Å². The van der Waals surface area contributed by atoms with E-state index in [1.54, 1.807) is 24.3 Å². The summed E-state index contributed by atoms with van der Waals surface area (Å²) in [5.74, 6) is -1.16. The number of aromatic nitrogens is 4. The zero-order chi connectivity index (χ0) is 15.5. The van der Waals surface area contributed by atoms with Crippen LogP contribution in [0.25, 0.3) is 11.4 Å². The van der Waals surface area contributed by atoms with Crippen molar-refractivity contribution in [3.63, 3.8) is 0 Å². The molecule has 0 radical (unpaired) electrons. The van der Waals surface area contributed by atoms with E-state index in [0.29, 0.717) is 17.9 Å². The van der Waals surface area contributed by atoms with Gasteiger partial charge < -0.3 is 9.90 Å². The minimum atomic E-state index is -1.24. The summed E-state index contributed by atoms with van der Waals surface area (Å²) in [6, 6.07) is 12.0. The zero-order valence-corrected chi connectivity index (χ0v) is 11.3. The van der Waals surface area contributed by atoms with Crippen LogP contribution in [0.3, 0.4) is 0 Å². The summed E-state index contributed by atoms with van der Waals surface area (Å²) in [4.78, 5) is 12.1. The van der Waals surface area contributed by atoms with E-state index >= 15 is 0 Å². The minimum absolute atomic E-state index is 0.0856. The van der Waals surface area contributed by atoms with Gasteiger partial charge in [0.2, 0.25) is 5.82 Å². The number of hydrogen-bond acceptors (Lipinski definition) is 5. The number of tetrazole rings is 1. The van der Waals surface area contributed by atoms with E-state index < -0.39 is 5.97 Å². The second kappa shape index (κ2) is 5.72. The van der Waals surface area contributed by atoms with Crippen molar-refractivity contribution in [1.82, 2.24) is 20.2 Å². The summed E-state index contributed by atoms with van der Waals surface area (Å²) in [6.45, 7) is 0.365. The Balaban J connectivity index is 1.78. The number of hydrogen-bond donors (Lipinski definition) is 0. The third kappa shape index (κ3) is 2.98. The van der Waals surface area contributed by atoms with Crippen molar-refractivity contribution in [2.45, 2.75) is 6.54 Å². The summed E-state index contributed by atoms with van der Waals surface area (Å²) in [7, 11) is 0. The quantitative estimate of drug-likeness (QED) is 0.714. The third-order valence-electron chi connectivity index (χ3n) is 3.07. The van der Waals surface area contributed by atoms with Crippen molar-refractivity contribution >= 4 is 5.97 Å². The number of rotatable bonds is 4. The molecule has 3 rings (SSSR count). The maximum atomic E-state index is 12.8. The van der Waals surface area contributed by atoms with Gasteiger partial charge in [-0.15, -0.1) is 10.2 Å². The molecule has 0 fully saturated rings. The molecule has 0 spiro atoms. The summed E-state index contributed by atoms with van der Waals surface area (Å²) in [5, 5.41) is 22.7. The first-order chi connectivity index (χ1) is 10.6. The summed E-state index contributed by atoms with van der Waals surface area (Å²) in [5.41, 5.74) is 1.58. The molecule has 0 unspecified atom stereocenters. The molecule has 0 atom stereocenters. The van der Waals surface area contributed by atoms with Crippen molar-refractivity contribution in [3.05, 3.63) is 65.5 Å². The average Bonchev–Trinajstić information content (AvgIpc) is 2.98. The lowest BCUT2D eigenvalue weighted by Gasteiger charge is -2.02. The molecule has 0 amide bonds. The summed E-state index contributed by atoms with van der Waals surface area (Å²) in [6.07, 6.45) is 0. The molecule has 110 valence electrons.